The number of Topliss-reactive ketones (excluding diaryl/α,β-unsaturated/α-hetero) is 1. The average molecular weight is 438 g/mol. The van der Waals surface area contributed by atoms with Crippen LogP contribution >= 0.6 is 0 Å². The van der Waals surface area contributed by atoms with Crippen LogP contribution in [-0.2, 0) is 9.59 Å². The maximum absolute atomic E-state index is 13.0. The topological polar surface area (TPSA) is 76.1 Å². The van der Waals surface area contributed by atoms with Crippen molar-refractivity contribution in [3.63, 3.8) is 0 Å². The summed E-state index contributed by atoms with van der Waals surface area (Å²) in [6, 6.07) is 11.9. The van der Waals surface area contributed by atoms with Gasteiger partial charge in [-0.3, -0.25) is 9.59 Å². The number of nitrogens with zero attached hydrogens (tertiary/aromatic N) is 1. The number of ketones is 1. The molecule has 0 aromatic heterocycles. The van der Waals surface area contributed by atoms with E-state index < -0.39 is 17.7 Å². The third kappa shape index (κ3) is 4.64. The maximum Gasteiger partial charge on any atom is 0.295 e. The van der Waals surface area contributed by atoms with E-state index in [1.807, 2.05) is 58.9 Å². The highest BCUT2D eigenvalue weighted by atomic mass is 16.5. The smallest absolute Gasteiger partial charge is 0.295 e. The van der Waals surface area contributed by atoms with Crippen LogP contribution in [0.15, 0.2) is 48.0 Å². The molecule has 6 nitrogen and oxygen atoms in total. The molecular formula is C26H31NO5. The molecule has 1 amide bonds. The Bertz CT molecular complexity index is 1020. The summed E-state index contributed by atoms with van der Waals surface area (Å²) in [4.78, 5) is 27.4. The van der Waals surface area contributed by atoms with Gasteiger partial charge in [-0.2, -0.15) is 0 Å². The Balaban J connectivity index is 2.09. The van der Waals surface area contributed by atoms with E-state index in [1.165, 1.54) is 4.90 Å². The van der Waals surface area contributed by atoms with Crippen molar-refractivity contribution >= 4 is 17.4 Å². The summed E-state index contributed by atoms with van der Waals surface area (Å²) in [6.07, 6.45) is 0.716. The second kappa shape index (κ2) is 9.90. The summed E-state index contributed by atoms with van der Waals surface area (Å²) < 4.78 is 11.3. The zero-order valence-electron chi connectivity index (χ0n) is 19.3. The zero-order valence-corrected chi connectivity index (χ0v) is 19.3. The Morgan fingerprint density at radius 2 is 1.78 bits per heavy atom. The summed E-state index contributed by atoms with van der Waals surface area (Å²) in [5, 5.41) is 11.2. The van der Waals surface area contributed by atoms with Gasteiger partial charge in [-0.05, 0) is 75.6 Å². The van der Waals surface area contributed by atoms with Crippen molar-refractivity contribution in [3.05, 3.63) is 64.7 Å². The van der Waals surface area contributed by atoms with E-state index in [4.69, 9.17) is 9.47 Å². The molecule has 1 heterocycles. The van der Waals surface area contributed by atoms with Crippen LogP contribution < -0.4 is 9.47 Å². The first-order valence-electron chi connectivity index (χ1n) is 11.1. The predicted octanol–water partition coefficient (Wildman–Crippen LogP) is 5.01. The Hall–Kier alpha value is -3.28. The molecule has 0 aliphatic carbocycles. The van der Waals surface area contributed by atoms with Crippen molar-refractivity contribution in [1.29, 1.82) is 0 Å². The van der Waals surface area contributed by atoms with Gasteiger partial charge in [-0.1, -0.05) is 19.1 Å². The van der Waals surface area contributed by atoms with Gasteiger partial charge >= 0.3 is 0 Å². The Morgan fingerprint density at radius 1 is 1.09 bits per heavy atom. The summed E-state index contributed by atoms with van der Waals surface area (Å²) in [5.74, 6) is -0.0232. The highest BCUT2D eigenvalue weighted by Crippen LogP contribution is 2.40. The number of carbonyl (C=O) groups is 2. The number of carbonyl (C=O) groups excluding carboxylic acids is 2. The van der Waals surface area contributed by atoms with Crippen molar-refractivity contribution in [2.75, 3.05) is 13.2 Å². The van der Waals surface area contributed by atoms with Crippen LogP contribution in [0.1, 0.15) is 56.8 Å². The SMILES string of the molecule is CCCN1C(=O)C(=O)/C(=C(\O)c2ccc(OC(C)C)c(C)c2)C1c1ccc(OCC)cc1. The van der Waals surface area contributed by atoms with Gasteiger partial charge in [0, 0.05) is 12.1 Å². The Kier molecular flexibility index (Phi) is 7.23. The summed E-state index contributed by atoms with van der Waals surface area (Å²) in [7, 11) is 0. The molecule has 1 aliphatic heterocycles. The third-order valence-electron chi connectivity index (χ3n) is 5.32. The fourth-order valence-corrected chi connectivity index (χ4v) is 3.95. The van der Waals surface area contributed by atoms with Gasteiger partial charge in [-0.15, -0.1) is 0 Å². The lowest BCUT2D eigenvalue weighted by molar-refractivity contribution is -0.139. The van der Waals surface area contributed by atoms with Crippen molar-refractivity contribution in [2.45, 2.75) is 53.2 Å². The second-order valence-corrected chi connectivity index (χ2v) is 8.14. The van der Waals surface area contributed by atoms with Crippen LogP contribution in [0.4, 0.5) is 0 Å². The first-order chi connectivity index (χ1) is 15.3. The molecule has 170 valence electrons. The van der Waals surface area contributed by atoms with E-state index in [0.29, 0.717) is 36.6 Å². The largest absolute Gasteiger partial charge is 0.507 e. The average Bonchev–Trinajstić information content (AvgIpc) is 3.00. The van der Waals surface area contributed by atoms with Gasteiger partial charge in [0.2, 0.25) is 0 Å². The van der Waals surface area contributed by atoms with Crippen molar-refractivity contribution in [3.8, 4) is 11.5 Å². The lowest BCUT2D eigenvalue weighted by Gasteiger charge is -2.25. The minimum Gasteiger partial charge on any atom is -0.507 e. The molecule has 6 heteroatoms. The van der Waals surface area contributed by atoms with E-state index in [-0.39, 0.29) is 17.4 Å². The molecule has 1 N–H and O–H groups in total. The van der Waals surface area contributed by atoms with Gasteiger partial charge in [0.25, 0.3) is 11.7 Å². The molecular weight excluding hydrogens is 406 g/mol. The lowest BCUT2D eigenvalue weighted by atomic mass is 9.94. The molecule has 2 aromatic rings. The fraction of sp³-hybridized carbons (Fsp3) is 0.385. The third-order valence-corrected chi connectivity index (χ3v) is 5.32. The Morgan fingerprint density at radius 3 is 2.34 bits per heavy atom. The van der Waals surface area contributed by atoms with E-state index >= 15 is 0 Å². The van der Waals surface area contributed by atoms with Gasteiger partial charge in [0.05, 0.1) is 24.3 Å². The molecule has 32 heavy (non-hydrogen) atoms. The summed E-state index contributed by atoms with van der Waals surface area (Å²) in [5.41, 5.74) is 2.16. The molecule has 1 aliphatic rings. The van der Waals surface area contributed by atoms with Gasteiger partial charge in [-0.25, -0.2) is 0 Å². The molecule has 3 rings (SSSR count). The standard InChI is InChI=1S/C26H31NO5/c1-6-14-27-23(18-8-11-20(12-9-18)31-7-2)22(25(29)26(27)30)24(28)19-10-13-21(17(5)15-19)32-16(3)4/h8-13,15-16,23,28H,6-7,14H2,1-5H3/b24-22-. The monoisotopic (exact) mass is 437 g/mol. The molecule has 1 atom stereocenters. The number of hydrogen-bond donors (Lipinski definition) is 1. The van der Waals surface area contributed by atoms with E-state index in [0.717, 1.165) is 11.1 Å². The van der Waals surface area contributed by atoms with Gasteiger partial charge in [0.15, 0.2) is 0 Å². The number of benzene rings is 2. The molecule has 0 radical (unpaired) electrons. The number of aliphatic hydroxyl groups excluding tert-OH is 1. The summed E-state index contributed by atoms with van der Waals surface area (Å²) in [6.45, 7) is 10.6. The number of hydrogen-bond acceptors (Lipinski definition) is 5. The van der Waals surface area contributed by atoms with Crippen LogP contribution in [0, 0.1) is 6.92 Å². The van der Waals surface area contributed by atoms with Crippen molar-refractivity contribution < 1.29 is 24.2 Å². The number of likely N-dealkylation sites (tertiary alicyclic amines) is 1. The zero-order chi connectivity index (χ0) is 23.4. The minimum atomic E-state index is -0.671. The molecule has 1 fully saturated rings. The normalized spacial score (nSPS) is 17.8. The molecule has 1 unspecified atom stereocenters. The van der Waals surface area contributed by atoms with Crippen molar-refractivity contribution in [1.82, 2.24) is 4.90 Å². The first kappa shape index (κ1) is 23.4. The molecule has 1 saturated heterocycles. The van der Waals surface area contributed by atoms with E-state index in [1.54, 1.807) is 18.2 Å². The number of aryl methyl sites for hydroxylation is 1. The summed E-state index contributed by atoms with van der Waals surface area (Å²) >= 11 is 0. The molecule has 0 saturated carbocycles. The molecule has 2 aromatic carbocycles. The highest BCUT2D eigenvalue weighted by Gasteiger charge is 2.45. The minimum absolute atomic E-state index is 0.0205. The maximum atomic E-state index is 13.0. The first-order valence-corrected chi connectivity index (χ1v) is 11.1. The van der Waals surface area contributed by atoms with Gasteiger partial charge in [0.1, 0.15) is 17.3 Å². The van der Waals surface area contributed by atoms with Gasteiger partial charge < -0.3 is 19.5 Å². The van der Waals surface area contributed by atoms with Crippen molar-refractivity contribution in [2.24, 2.45) is 0 Å². The predicted molar refractivity (Wildman–Crippen MR) is 124 cm³/mol. The van der Waals surface area contributed by atoms with Crippen LogP contribution in [0.3, 0.4) is 0 Å². The van der Waals surface area contributed by atoms with Crippen LogP contribution in [0.25, 0.3) is 5.76 Å². The highest BCUT2D eigenvalue weighted by molar-refractivity contribution is 6.46. The van der Waals surface area contributed by atoms with Crippen LogP contribution in [0.5, 0.6) is 11.5 Å². The molecule has 0 spiro atoms. The Labute approximate surface area is 189 Å². The number of ether oxygens (including phenoxy) is 2. The van der Waals surface area contributed by atoms with Crippen LogP contribution in [0.2, 0.25) is 0 Å². The fourth-order valence-electron chi connectivity index (χ4n) is 3.95. The van der Waals surface area contributed by atoms with E-state index in [2.05, 4.69) is 0 Å². The number of amides is 1. The number of aliphatic hydroxyl groups is 1. The quantitative estimate of drug-likeness (QED) is 0.357. The lowest BCUT2D eigenvalue weighted by Crippen LogP contribution is -2.30. The number of rotatable bonds is 8. The van der Waals surface area contributed by atoms with Crippen LogP contribution in [-0.4, -0.2) is 41.0 Å². The van der Waals surface area contributed by atoms with E-state index in [9.17, 15) is 14.7 Å². The molecule has 0 bridgehead atoms. The second-order valence-electron chi connectivity index (χ2n) is 8.14.